The molecule has 0 heterocycles. The monoisotopic (exact) mass is 288 g/mol. The molecule has 0 heteroatoms. The zero-order valence-electron chi connectivity index (χ0n) is 13.9. The molecule has 112 valence electrons. The van der Waals surface area contributed by atoms with E-state index in [1.165, 1.54) is 33.0 Å². The van der Waals surface area contributed by atoms with Crippen molar-refractivity contribution in [2.75, 3.05) is 0 Å². The van der Waals surface area contributed by atoms with Crippen molar-refractivity contribution in [3.63, 3.8) is 0 Å². The predicted molar refractivity (Wildman–Crippen MR) is 97.6 cm³/mol. The summed E-state index contributed by atoms with van der Waals surface area (Å²) in [6, 6.07) is 22.5. The molecule has 0 amide bonds. The van der Waals surface area contributed by atoms with E-state index in [1.807, 2.05) is 0 Å². The van der Waals surface area contributed by atoms with E-state index in [-0.39, 0.29) is 0 Å². The fourth-order valence-corrected chi connectivity index (χ4v) is 2.86. The molecule has 0 aliphatic carbocycles. The van der Waals surface area contributed by atoms with Gasteiger partial charge < -0.3 is 0 Å². The molecule has 0 N–H and O–H groups in total. The third kappa shape index (κ3) is 2.92. The van der Waals surface area contributed by atoms with Crippen molar-refractivity contribution in [2.45, 2.75) is 39.5 Å². The Balaban J connectivity index is 2.03. The molecule has 0 bridgehead atoms. The fourth-order valence-electron chi connectivity index (χ4n) is 2.86. The lowest BCUT2D eigenvalue weighted by atomic mass is 9.95. The van der Waals surface area contributed by atoms with Crippen molar-refractivity contribution in [2.24, 2.45) is 0 Å². The standard InChI is InChI=1S/C22H24/c1-15(2)17-5-7-18(8-6-17)21-12-10-19-9-11-20(16(3)4)13-22(19)14-21/h5-16H,1-4H3. The molecule has 0 fully saturated rings. The number of hydrogen-bond donors (Lipinski definition) is 0. The van der Waals surface area contributed by atoms with Crippen LogP contribution in [-0.2, 0) is 0 Å². The van der Waals surface area contributed by atoms with Crippen LogP contribution in [-0.4, -0.2) is 0 Å². The maximum Gasteiger partial charge on any atom is -0.0175 e. The van der Waals surface area contributed by atoms with E-state index in [0.717, 1.165) is 0 Å². The van der Waals surface area contributed by atoms with Crippen molar-refractivity contribution in [1.82, 2.24) is 0 Å². The van der Waals surface area contributed by atoms with Gasteiger partial charge in [0.1, 0.15) is 0 Å². The third-order valence-electron chi connectivity index (χ3n) is 4.44. The van der Waals surface area contributed by atoms with E-state index in [0.29, 0.717) is 11.8 Å². The van der Waals surface area contributed by atoms with Gasteiger partial charge >= 0.3 is 0 Å². The van der Waals surface area contributed by atoms with Crippen LogP contribution in [0.4, 0.5) is 0 Å². The average molecular weight is 288 g/mol. The number of fused-ring (bicyclic) bond motifs is 1. The zero-order chi connectivity index (χ0) is 15.7. The average Bonchev–Trinajstić information content (AvgIpc) is 2.53. The molecule has 3 rings (SSSR count). The molecule has 0 aromatic heterocycles. The van der Waals surface area contributed by atoms with Gasteiger partial charge in [0.25, 0.3) is 0 Å². The van der Waals surface area contributed by atoms with Crippen LogP contribution in [0.1, 0.15) is 50.7 Å². The van der Waals surface area contributed by atoms with Gasteiger partial charge in [-0.05, 0) is 50.9 Å². The summed E-state index contributed by atoms with van der Waals surface area (Å²) >= 11 is 0. The largest absolute Gasteiger partial charge is 0.0587 e. The third-order valence-corrected chi connectivity index (χ3v) is 4.44. The van der Waals surface area contributed by atoms with Crippen LogP contribution in [0.5, 0.6) is 0 Å². The van der Waals surface area contributed by atoms with Gasteiger partial charge in [-0.25, -0.2) is 0 Å². The first-order chi connectivity index (χ1) is 10.5. The summed E-state index contributed by atoms with van der Waals surface area (Å²) in [5, 5.41) is 2.64. The highest BCUT2D eigenvalue weighted by Crippen LogP contribution is 2.28. The van der Waals surface area contributed by atoms with Gasteiger partial charge in [-0.3, -0.25) is 0 Å². The Labute approximate surface area is 133 Å². The van der Waals surface area contributed by atoms with Gasteiger partial charge in [-0.2, -0.15) is 0 Å². The Hall–Kier alpha value is -2.08. The van der Waals surface area contributed by atoms with E-state index in [2.05, 4.69) is 88.4 Å². The maximum absolute atomic E-state index is 2.33. The molecule has 0 unspecified atom stereocenters. The molecule has 0 atom stereocenters. The molecule has 0 spiro atoms. The molecular formula is C22H24. The van der Waals surface area contributed by atoms with Crippen LogP contribution in [0.15, 0.2) is 60.7 Å². The Morgan fingerprint density at radius 3 is 1.68 bits per heavy atom. The molecule has 0 saturated heterocycles. The smallest absolute Gasteiger partial charge is 0.0175 e. The number of rotatable bonds is 3. The molecule has 0 radical (unpaired) electrons. The summed E-state index contributed by atoms with van der Waals surface area (Å²) in [5.74, 6) is 1.15. The van der Waals surface area contributed by atoms with E-state index in [4.69, 9.17) is 0 Å². The van der Waals surface area contributed by atoms with Crippen molar-refractivity contribution >= 4 is 10.8 Å². The summed E-state index contributed by atoms with van der Waals surface area (Å²) in [5.41, 5.74) is 5.39. The Bertz CT molecular complexity index is 777. The highest BCUT2D eigenvalue weighted by atomic mass is 14.1. The summed E-state index contributed by atoms with van der Waals surface area (Å²) in [4.78, 5) is 0. The van der Waals surface area contributed by atoms with Crippen LogP contribution in [0.2, 0.25) is 0 Å². The minimum atomic E-state index is 0.568. The minimum absolute atomic E-state index is 0.568. The van der Waals surface area contributed by atoms with Gasteiger partial charge in [0, 0.05) is 0 Å². The molecule has 0 aliphatic heterocycles. The normalized spacial score (nSPS) is 11.5. The quantitative estimate of drug-likeness (QED) is 0.500. The Kier molecular flexibility index (Phi) is 4.02. The predicted octanol–water partition coefficient (Wildman–Crippen LogP) is 6.75. The van der Waals surface area contributed by atoms with Gasteiger partial charge in [0.05, 0.1) is 0 Å². The molecule has 3 aromatic carbocycles. The Morgan fingerprint density at radius 1 is 0.500 bits per heavy atom. The highest BCUT2D eigenvalue weighted by molar-refractivity contribution is 5.88. The van der Waals surface area contributed by atoms with Crippen molar-refractivity contribution in [1.29, 1.82) is 0 Å². The molecule has 0 aliphatic rings. The van der Waals surface area contributed by atoms with Crippen LogP contribution in [0.25, 0.3) is 21.9 Å². The second kappa shape index (κ2) is 5.96. The molecule has 0 nitrogen and oxygen atoms in total. The number of hydrogen-bond acceptors (Lipinski definition) is 0. The van der Waals surface area contributed by atoms with E-state index in [1.54, 1.807) is 0 Å². The summed E-state index contributed by atoms with van der Waals surface area (Å²) in [6.07, 6.45) is 0. The van der Waals surface area contributed by atoms with Gasteiger partial charge in [-0.1, -0.05) is 82.3 Å². The fraction of sp³-hybridized carbons (Fsp3) is 0.273. The van der Waals surface area contributed by atoms with Crippen LogP contribution in [0.3, 0.4) is 0 Å². The van der Waals surface area contributed by atoms with Crippen molar-refractivity contribution < 1.29 is 0 Å². The summed E-state index contributed by atoms with van der Waals surface area (Å²) in [6.45, 7) is 8.96. The topological polar surface area (TPSA) is 0 Å². The highest BCUT2D eigenvalue weighted by Gasteiger charge is 2.04. The van der Waals surface area contributed by atoms with Gasteiger partial charge in [0.2, 0.25) is 0 Å². The first kappa shape index (κ1) is 14.8. The van der Waals surface area contributed by atoms with Crippen LogP contribution >= 0.6 is 0 Å². The molecular weight excluding hydrogens is 264 g/mol. The zero-order valence-corrected chi connectivity index (χ0v) is 13.9. The first-order valence-corrected chi connectivity index (χ1v) is 8.18. The number of benzene rings is 3. The van der Waals surface area contributed by atoms with Gasteiger partial charge in [-0.15, -0.1) is 0 Å². The lowest BCUT2D eigenvalue weighted by Gasteiger charge is -2.10. The van der Waals surface area contributed by atoms with Gasteiger partial charge in [0.15, 0.2) is 0 Å². The van der Waals surface area contributed by atoms with E-state index < -0.39 is 0 Å². The minimum Gasteiger partial charge on any atom is -0.0587 e. The van der Waals surface area contributed by atoms with Crippen molar-refractivity contribution in [3.05, 3.63) is 71.8 Å². The maximum atomic E-state index is 2.33. The lowest BCUT2D eigenvalue weighted by Crippen LogP contribution is -1.88. The molecule has 3 aromatic rings. The summed E-state index contributed by atoms with van der Waals surface area (Å²) in [7, 11) is 0. The van der Waals surface area contributed by atoms with E-state index >= 15 is 0 Å². The van der Waals surface area contributed by atoms with Crippen LogP contribution < -0.4 is 0 Å². The SMILES string of the molecule is CC(C)c1ccc(-c2ccc3ccc(C(C)C)cc3c2)cc1. The molecule has 0 saturated carbocycles. The Morgan fingerprint density at radius 2 is 1.05 bits per heavy atom. The second-order valence-electron chi connectivity index (χ2n) is 6.75. The van der Waals surface area contributed by atoms with Crippen molar-refractivity contribution in [3.8, 4) is 11.1 Å². The summed E-state index contributed by atoms with van der Waals surface area (Å²) < 4.78 is 0. The second-order valence-corrected chi connectivity index (χ2v) is 6.75. The van der Waals surface area contributed by atoms with E-state index in [9.17, 15) is 0 Å². The first-order valence-electron chi connectivity index (χ1n) is 8.18. The lowest BCUT2D eigenvalue weighted by molar-refractivity contribution is 0.867. The molecule has 22 heavy (non-hydrogen) atoms. The van der Waals surface area contributed by atoms with Crippen LogP contribution in [0, 0.1) is 0 Å².